The van der Waals surface area contributed by atoms with Gasteiger partial charge in [0, 0.05) is 36.7 Å². The van der Waals surface area contributed by atoms with Crippen LogP contribution < -0.4 is 4.74 Å². The van der Waals surface area contributed by atoms with Crippen molar-refractivity contribution in [3.05, 3.63) is 89.7 Å². The monoisotopic (exact) mass is 530 g/mol. The first-order chi connectivity index (χ1) is 18.7. The molecular weight excluding hydrogens is 491 g/mol. The summed E-state index contributed by atoms with van der Waals surface area (Å²) in [5.74, 6) is 0.742. The molecule has 1 amide bonds. The number of rotatable bonds is 8. The number of nitrogens with zero attached hydrogens (tertiary/aromatic N) is 2. The molecule has 6 heteroatoms. The molecule has 0 bridgehead atoms. The first-order valence-corrected chi connectivity index (χ1v) is 13.9. The molecule has 5 rings (SSSR count). The molecule has 0 saturated carbocycles. The molecule has 206 valence electrons. The number of hydrogen-bond donors (Lipinski definition) is 0. The Labute approximate surface area is 231 Å². The third-order valence-electron chi connectivity index (χ3n) is 8.08. The van der Waals surface area contributed by atoms with Crippen molar-refractivity contribution < 1.29 is 18.7 Å². The van der Waals surface area contributed by atoms with Crippen molar-refractivity contribution in [1.82, 2.24) is 9.80 Å². The average molecular weight is 531 g/mol. The Morgan fingerprint density at radius 1 is 0.949 bits per heavy atom. The minimum absolute atomic E-state index is 0.00636. The maximum atomic E-state index is 14.4. The van der Waals surface area contributed by atoms with E-state index in [-0.39, 0.29) is 48.4 Å². The summed E-state index contributed by atoms with van der Waals surface area (Å²) in [6.45, 7) is 5.75. The Hall–Kier alpha value is -3.22. The number of ether oxygens (including phenoxy) is 2. The van der Waals surface area contributed by atoms with Gasteiger partial charge in [-0.2, -0.15) is 0 Å². The average Bonchev–Trinajstić information content (AvgIpc) is 2.92. The number of benzene rings is 3. The highest BCUT2D eigenvalue weighted by Gasteiger charge is 2.48. The number of carbonyl (C=O) groups excluding carboxylic acids is 1. The largest absolute Gasteiger partial charge is 0.487 e. The van der Waals surface area contributed by atoms with E-state index in [4.69, 9.17) is 9.47 Å². The van der Waals surface area contributed by atoms with Gasteiger partial charge in [0.2, 0.25) is 5.91 Å². The van der Waals surface area contributed by atoms with Gasteiger partial charge in [-0.05, 0) is 70.1 Å². The first-order valence-electron chi connectivity index (χ1n) is 13.9. The number of amides is 1. The summed E-state index contributed by atoms with van der Waals surface area (Å²) in [6.07, 6.45) is 1.62. The standard InChI is InChI=1S/C33H39FN2O3/c1-33(2)28-16-15-26(21-31(37)36(19-18-35(3)4)22-25-12-8-9-13-29(25)34)38-32(28)27-20-24(14-17-30(27)39-33)23-10-6-5-7-11-23/h5-14,17,20,26,28,32H,15-16,18-19,21-22H2,1-4H3/t26-,28+,32-/m0/s1. The molecule has 0 N–H and O–H groups in total. The zero-order chi connectivity index (χ0) is 27.6. The molecule has 1 saturated heterocycles. The van der Waals surface area contributed by atoms with Gasteiger partial charge >= 0.3 is 0 Å². The predicted octanol–water partition coefficient (Wildman–Crippen LogP) is 6.48. The van der Waals surface area contributed by atoms with Crippen LogP contribution in [0.4, 0.5) is 4.39 Å². The van der Waals surface area contributed by atoms with Crippen LogP contribution in [-0.2, 0) is 16.1 Å². The van der Waals surface area contributed by atoms with Gasteiger partial charge in [-0.25, -0.2) is 4.39 Å². The molecule has 0 radical (unpaired) electrons. The summed E-state index contributed by atoms with van der Waals surface area (Å²) in [6, 6.07) is 23.3. The fourth-order valence-corrected chi connectivity index (χ4v) is 5.84. The van der Waals surface area contributed by atoms with Gasteiger partial charge in [0.25, 0.3) is 0 Å². The van der Waals surface area contributed by atoms with Crippen molar-refractivity contribution in [3.8, 4) is 16.9 Å². The lowest BCUT2D eigenvalue weighted by Crippen LogP contribution is -2.49. The van der Waals surface area contributed by atoms with Gasteiger partial charge in [0.1, 0.15) is 17.2 Å². The van der Waals surface area contributed by atoms with Crippen molar-refractivity contribution in [3.63, 3.8) is 0 Å². The van der Waals surface area contributed by atoms with Crippen molar-refractivity contribution in [2.24, 2.45) is 5.92 Å². The van der Waals surface area contributed by atoms with Crippen LogP contribution in [0, 0.1) is 11.7 Å². The number of halogens is 1. The molecule has 0 aromatic heterocycles. The van der Waals surface area contributed by atoms with Crippen LogP contribution in [-0.4, -0.2) is 54.6 Å². The molecule has 0 aliphatic carbocycles. The second-order valence-electron chi connectivity index (χ2n) is 11.6. The van der Waals surface area contributed by atoms with Crippen molar-refractivity contribution in [1.29, 1.82) is 0 Å². The van der Waals surface area contributed by atoms with E-state index in [1.165, 1.54) is 6.07 Å². The van der Waals surface area contributed by atoms with E-state index >= 15 is 0 Å². The van der Waals surface area contributed by atoms with Gasteiger partial charge in [-0.3, -0.25) is 4.79 Å². The van der Waals surface area contributed by atoms with Crippen LogP contribution in [0.5, 0.6) is 5.75 Å². The summed E-state index contributed by atoms with van der Waals surface area (Å²) in [5.41, 5.74) is 3.48. The number of likely N-dealkylation sites (N-methyl/N-ethyl adjacent to an activating group) is 1. The molecule has 2 aliphatic rings. The minimum atomic E-state index is -0.372. The Balaban J connectivity index is 1.36. The van der Waals surface area contributed by atoms with E-state index in [9.17, 15) is 9.18 Å². The molecule has 3 aromatic carbocycles. The zero-order valence-corrected chi connectivity index (χ0v) is 23.4. The van der Waals surface area contributed by atoms with E-state index in [1.807, 2.05) is 49.3 Å². The normalized spacial score (nSPS) is 21.5. The quantitative estimate of drug-likeness (QED) is 0.334. The van der Waals surface area contributed by atoms with Crippen LogP contribution in [0.25, 0.3) is 11.1 Å². The van der Waals surface area contributed by atoms with Crippen LogP contribution in [0.1, 0.15) is 50.3 Å². The molecule has 5 nitrogen and oxygen atoms in total. The molecule has 1 fully saturated rings. The van der Waals surface area contributed by atoms with E-state index in [0.717, 1.165) is 35.3 Å². The first kappa shape index (κ1) is 27.4. The Morgan fingerprint density at radius 3 is 2.44 bits per heavy atom. The maximum Gasteiger partial charge on any atom is 0.225 e. The van der Waals surface area contributed by atoms with E-state index < -0.39 is 0 Å². The summed E-state index contributed by atoms with van der Waals surface area (Å²) in [5, 5.41) is 0. The molecule has 3 atom stereocenters. The Kier molecular flexibility index (Phi) is 8.06. The molecule has 0 unspecified atom stereocenters. The lowest BCUT2D eigenvalue weighted by Gasteiger charge is -2.49. The fraction of sp³-hybridized carbons (Fsp3) is 0.424. The van der Waals surface area contributed by atoms with Gasteiger partial charge in [0.15, 0.2) is 0 Å². The third-order valence-corrected chi connectivity index (χ3v) is 8.08. The Morgan fingerprint density at radius 2 is 1.69 bits per heavy atom. The highest BCUT2D eigenvalue weighted by atomic mass is 19.1. The van der Waals surface area contributed by atoms with Gasteiger partial charge < -0.3 is 19.3 Å². The lowest BCUT2D eigenvalue weighted by molar-refractivity contribution is -0.160. The Bertz CT molecular complexity index is 1290. The highest BCUT2D eigenvalue weighted by molar-refractivity contribution is 5.76. The van der Waals surface area contributed by atoms with E-state index in [1.54, 1.807) is 17.0 Å². The van der Waals surface area contributed by atoms with Crippen LogP contribution in [0.2, 0.25) is 0 Å². The summed E-state index contributed by atoms with van der Waals surface area (Å²) < 4.78 is 27.7. The van der Waals surface area contributed by atoms with Gasteiger partial charge in [-0.15, -0.1) is 0 Å². The van der Waals surface area contributed by atoms with E-state index in [2.05, 4.69) is 38.1 Å². The van der Waals surface area contributed by atoms with Crippen LogP contribution >= 0.6 is 0 Å². The molecule has 2 aliphatic heterocycles. The zero-order valence-electron chi connectivity index (χ0n) is 23.4. The van der Waals surface area contributed by atoms with Crippen LogP contribution in [0.3, 0.4) is 0 Å². The van der Waals surface area contributed by atoms with E-state index in [0.29, 0.717) is 18.7 Å². The van der Waals surface area contributed by atoms with Crippen molar-refractivity contribution >= 4 is 5.91 Å². The summed E-state index contributed by atoms with van der Waals surface area (Å²) in [7, 11) is 3.95. The predicted molar refractivity (Wildman–Crippen MR) is 152 cm³/mol. The van der Waals surface area contributed by atoms with Gasteiger partial charge in [0.05, 0.1) is 18.6 Å². The second-order valence-corrected chi connectivity index (χ2v) is 11.6. The smallest absolute Gasteiger partial charge is 0.225 e. The number of fused-ring (bicyclic) bond motifs is 3. The maximum absolute atomic E-state index is 14.4. The minimum Gasteiger partial charge on any atom is -0.487 e. The van der Waals surface area contributed by atoms with Crippen molar-refractivity contribution in [2.45, 2.75) is 57.5 Å². The van der Waals surface area contributed by atoms with Crippen LogP contribution in [0.15, 0.2) is 72.8 Å². The number of hydrogen-bond acceptors (Lipinski definition) is 4. The lowest BCUT2D eigenvalue weighted by atomic mass is 9.74. The summed E-state index contributed by atoms with van der Waals surface area (Å²) in [4.78, 5) is 17.4. The highest BCUT2D eigenvalue weighted by Crippen LogP contribution is 2.51. The molecule has 0 spiro atoms. The summed E-state index contributed by atoms with van der Waals surface area (Å²) >= 11 is 0. The van der Waals surface area contributed by atoms with Gasteiger partial charge in [-0.1, -0.05) is 54.6 Å². The molecular formula is C33H39FN2O3. The molecule has 2 heterocycles. The fourth-order valence-electron chi connectivity index (χ4n) is 5.84. The molecule has 39 heavy (non-hydrogen) atoms. The number of carbonyl (C=O) groups is 1. The third kappa shape index (κ3) is 6.18. The van der Waals surface area contributed by atoms with Crippen molar-refractivity contribution in [2.75, 3.05) is 27.2 Å². The second kappa shape index (κ2) is 11.5. The SMILES string of the molecule is CN(C)CCN(Cc1ccccc1F)C(=O)C[C@@H]1CC[C@@H]2[C@@H](O1)c1cc(-c3ccccc3)ccc1OC2(C)C. The topological polar surface area (TPSA) is 42.0 Å². The molecule has 3 aromatic rings.